The zero-order valence-corrected chi connectivity index (χ0v) is 22.4. The number of halogens is 3. The molecule has 0 bridgehead atoms. The smallest absolute Gasteiger partial charge is 0.336 e. The zero-order chi connectivity index (χ0) is 28.5. The van der Waals surface area contributed by atoms with Crippen LogP contribution in [-0.2, 0) is 21.8 Å². The number of hydrogen-bond donors (Lipinski definition) is 0. The highest BCUT2D eigenvalue weighted by molar-refractivity contribution is 7.90. The van der Waals surface area contributed by atoms with Gasteiger partial charge in [0, 0.05) is 56.4 Å². The summed E-state index contributed by atoms with van der Waals surface area (Å²) in [4.78, 5) is 31.1. The molecular weight excluding hydrogens is 543 g/mol. The zero-order valence-electron chi connectivity index (χ0n) is 21.5. The molecule has 5 rings (SSSR count). The topological polar surface area (TPSA) is 78.0 Å². The van der Waals surface area contributed by atoms with Crippen LogP contribution in [0.3, 0.4) is 0 Å². The van der Waals surface area contributed by atoms with E-state index in [1.807, 2.05) is 35.2 Å². The molecule has 2 aliphatic heterocycles. The number of alkyl halides is 3. The van der Waals surface area contributed by atoms with E-state index in [2.05, 4.69) is 4.90 Å². The summed E-state index contributed by atoms with van der Waals surface area (Å²) in [5.41, 5.74) is 0.441. The maximum atomic E-state index is 13.0. The Morgan fingerprint density at radius 3 is 1.98 bits per heavy atom. The normalized spacial score (nSPS) is 17.0. The molecule has 2 fully saturated rings. The highest BCUT2D eigenvalue weighted by atomic mass is 32.2. The molecule has 2 aliphatic rings. The molecule has 2 saturated heterocycles. The third-order valence-corrected chi connectivity index (χ3v) is 9.05. The quantitative estimate of drug-likeness (QED) is 0.448. The second-order valence-electron chi connectivity index (χ2n) is 10.0. The van der Waals surface area contributed by atoms with Crippen molar-refractivity contribution < 1.29 is 31.2 Å². The molecule has 0 atom stereocenters. The number of benzene rings is 3. The summed E-state index contributed by atoms with van der Waals surface area (Å²) in [6, 6.07) is 19.2. The number of amides is 2. The molecule has 0 saturated carbocycles. The van der Waals surface area contributed by atoms with Crippen molar-refractivity contribution in [3.8, 4) is 0 Å². The Kier molecular flexibility index (Phi) is 7.70. The van der Waals surface area contributed by atoms with Crippen LogP contribution in [0.25, 0.3) is 0 Å². The van der Waals surface area contributed by atoms with Gasteiger partial charge < -0.3 is 9.80 Å². The van der Waals surface area contributed by atoms with Crippen molar-refractivity contribution in [3.05, 3.63) is 101 Å². The number of carbonyl (C=O) groups excluding carboxylic acids is 2. The Hall–Kier alpha value is -3.70. The van der Waals surface area contributed by atoms with Gasteiger partial charge in [-0.2, -0.15) is 13.2 Å². The molecular formula is C29H28F3N3O4S. The molecule has 0 spiro atoms. The molecule has 210 valence electrons. The predicted molar refractivity (Wildman–Crippen MR) is 142 cm³/mol. The van der Waals surface area contributed by atoms with Gasteiger partial charge in [0.25, 0.3) is 11.8 Å². The number of sulfone groups is 1. The van der Waals surface area contributed by atoms with Gasteiger partial charge in [-0.25, -0.2) is 8.42 Å². The van der Waals surface area contributed by atoms with Crippen LogP contribution < -0.4 is 0 Å². The summed E-state index contributed by atoms with van der Waals surface area (Å²) in [6.45, 7) is 3.86. The lowest BCUT2D eigenvalue weighted by atomic mass is 10.0. The highest BCUT2D eigenvalue weighted by Crippen LogP contribution is 2.31. The fraction of sp³-hybridized carbons (Fsp3) is 0.310. The van der Waals surface area contributed by atoms with E-state index in [-0.39, 0.29) is 17.9 Å². The van der Waals surface area contributed by atoms with Crippen LogP contribution in [0.2, 0.25) is 0 Å². The Balaban J connectivity index is 1.12. The highest BCUT2D eigenvalue weighted by Gasteiger charge is 2.37. The van der Waals surface area contributed by atoms with Crippen LogP contribution in [0, 0.1) is 0 Å². The maximum absolute atomic E-state index is 13.0. The summed E-state index contributed by atoms with van der Waals surface area (Å²) in [5.74, 6) is -0.619. The summed E-state index contributed by atoms with van der Waals surface area (Å²) in [5, 5.41) is 0. The van der Waals surface area contributed by atoms with Crippen LogP contribution in [0.5, 0.6) is 0 Å². The molecule has 0 unspecified atom stereocenters. The van der Waals surface area contributed by atoms with Crippen LogP contribution in [0.1, 0.15) is 31.8 Å². The third kappa shape index (κ3) is 6.05. The molecule has 3 aromatic rings. The summed E-state index contributed by atoms with van der Waals surface area (Å²) >= 11 is 0. The van der Waals surface area contributed by atoms with E-state index >= 15 is 0 Å². The first-order valence-corrected chi connectivity index (χ1v) is 14.5. The Morgan fingerprint density at radius 1 is 0.750 bits per heavy atom. The van der Waals surface area contributed by atoms with Crippen molar-refractivity contribution in [2.75, 3.05) is 39.3 Å². The van der Waals surface area contributed by atoms with Gasteiger partial charge in [0.1, 0.15) is 0 Å². The average Bonchev–Trinajstić information content (AvgIpc) is 2.92. The lowest BCUT2D eigenvalue weighted by molar-refractivity contribution is -0.137. The first kappa shape index (κ1) is 27.9. The Morgan fingerprint density at radius 2 is 1.35 bits per heavy atom. The number of piperazine rings is 1. The van der Waals surface area contributed by atoms with E-state index in [0.29, 0.717) is 48.9 Å². The van der Waals surface area contributed by atoms with E-state index in [9.17, 15) is 31.2 Å². The monoisotopic (exact) mass is 571 g/mol. The number of likely N-dealkylation sites (tertiary alicyclic amines) is 1. The van der Waals surface area contributed by atoms with Crippen LogP contribution in [-0.4, -0.2) is 80.2 Å². The Bertz CT molecular complexity index is 1480. The van der Waals surface area contributed by atoms with Gasteiger partial charge in [-0.1, -0.05) is 36.4 Å². The first-order chi connectivity index (χ1) is 19.0. The third-order valence-electron chi connectivity index (χ3n) is 7.37. The summed E-state index contributed by atoms with van der Waals surface area (Å²) in [6.07, 6.45) is -4.64. The minimum Gasteiger partial charge on any atom is -0.336 e. The van der Waals surface area contributed by atoms with E-state index in [1.165, 1.54) is 12.1 Å². The molecule has 11 heteroatoms. The number of hydrogen-bond acceptors (Lipinski definition) is 5. The molecule has 3 aromatic carbocycles. The van der Waals surface area contributed by atoms with E-state index < -0.39 is 32.2 Å². The van der Waals surface area contributed by atoms with E-state index in [0.717, 1.165) is 31.3 Å². The maximum Gasteiger partial charge on any atom is 0.416 e. The molecule has 0 aliphatic carbocycles. The molecule has 2 heterocycles. The van der Waals surface area contributed by atoms with Crippen molar-refractivity contribution in [3.63, 3.8) is 0 Å². The molecule has 0 radical (unpaired) electrons. The molecule has 0 aromatic heterocycles. The standard InChI is InChI=1S/C29H28F3N3O4S/c30-29(31,32)24-7-4-8-26(17-24)40(38,39)20-21-9-11-23(12-10-21)28(37)35-18-25(19-35)33-13-15-34(16-14-33)27(36)22-5-2-1-3-6-22/h1-12,17,25H,13-16,18-20H2. The van der Waals surface area contributed by atoms with Gasteiger partial charge in [0.05, 0.1) is 16.2 Å². The SMILES string of the molecule is O=C(c1ccccc1)N1CCN(C2CN(C(=O)c3ccc(CS(=O)(=O)c4cccc(C(F)(F)F)c4)cc3)C2)CC1. The van der Waals surface area contributed by atoms with Gasteiger partial charge in [-0.15, -0.1) is 0 Å². The lowest BCUT2D eigenvalue weighted by Crippen LogP contribution is -2.64. The van der Waals surface area contributed by atoms with Crippen molar-refractivity contribution in [2.45, 2.75) is 22.9 Å². The fourth-order valence-electron chi connectivity index (χ4n) is 5.00. The average molecular weight is 572 g/mol. The minimum atomic E-state index is -4.64. The van der Waals surface area contributed by atoms with Crippen molar-refractivity contribution in [2.24, 2.45) is 0 Å². The second-order valence-corrected chi connectivity index (χ2v) is 12.0. The van der Waals surface area contributed by atoms with Crippen LogP contribution >= 0.6 is 0 Å². The molecule has 7 nitrogen and oxygen atoms in total. The van der Waals surface area contributed by atoms with Crippen molar-refractivity contribution in [1.29, 1.82) is 0 Å². The minimum absolute atomic E-state index is 0.0248. The second kappa shape index (κ2) is 11.1. The van der Waals surface area contributed by atoms with Crippen LogP contribution in [0.4, 0.5) is 13.2 Å². The predicted octanol–water partition coefficient (Wildman–Crippen LogP) is 3.96. The molecule has 40 heavy (non-hydrogen) atoms. The van der Waals surface area contributed by atoms with Crippen molar-refractivity contribution >= 4 is 21.7 Å². The van der Waals surface area contributed by atoms with Gasteiger partial charge in [-0.05, 0) is 48.0 Å². The Labute approximate surface area is 230 Å². The number of carbonyl (C=O) groups is 2. The molecule has 0 N–H and O–H groups in total. The summed E-state index contributed by atoms with van der Waals surface area (Å²) < 4.78 is 64.4. The van der Waals surface area contributed by atoms with Gasteiger partial charge in [-0.3, -0.25) is 14.5 Å². The van der Waals surface area contributed by atoms with Gasteiger partial charge >= 0.3 is 6.18 Å². The van der Waals surface area contributed by atoms with Crippen molar-refractivity contribution in [1.82, 2.24) is 14.7 Å². The van der Waals surface area contributed by atoms with Gasteiger partial charge in [0.2, 0.25) is 0 Å². The number of rotatable bonds is 6. The molecule has 2 amide bonds. The van der Waals surface area contributed by atoms with Crippen LogP contribution in [0.15, 0.2) is 83.8 Å². The fourth-order valence-corrected chi connectivity index (χ4v) is 6.39. The van der Waals surface area contributed by atoms with E-state index in [1.54, 1.807) is 17.0 Å². The summed E-state index contributed by atoms with van der Waals surface area (Å²) in [7, 11) is -4.01. The largest absolute Gasteiger partial charge is 0.416 e. The number of nitrogens with zero attached hydrogens (tertiary/aromatic N) is 3. The van der Waals surface area contributed by atoms with Gasteiger partial charge in [0.15, 0.2) is 9.84 Å². The van der Waals surface area contributed by atoms with E-state index in [4.69, 9.17) is 0 Å². The first-order valence-electron chi connectivity index (χ1n) is 12.9. The lowest BCUT2D eigenvalue weighted by Gasteiger charge is -2.48.